The number of alkyl carbamates (subject to hydrolysis) is 1. The van der Waals surface area contributed by atoms with Crippen molar-refractivity contribution >= 4 is 39.9 Å². The fraction of sp³-hybridized carbons (Fsp3) is 0.439. The van der Waals surface area contributed by atoms with Crippen molar-refractivity contribution in [1.29, 1.82) is 0 Å². The van der Waals surface area contributed by atoms with E-state index in [0.717, 1.165) is 92.8 Å². The molecule has 3 atom stereocenters. The van der Waals surface area contributed by atoms with Crippen molar-refractivity contribution in [3.05, 3.63) is 65.9 Å². The molecule has 5 aromatic rings. The second-order valence-corrected chi connectivity index (χ2v) is 15.9. The van der Waals surface area contributed by atoms with Gasteiger partial charge < -0.3 is 34.4 Å². The van der Waals surface area contributed by atoms with E-state index in [1.807, 2.05) is 51.8 Å². The van der Waals surface area contributed by atoms with Gasteiger partial charge >= 0.3 is 12.2 Å². The van der Waals surface area contributed by atoms with Crippen molar-refractivity contribution in [3.63, 3.8) is 0 Å². The molecule has 54 heavy (non-hydrogen) atoms. The summed E-state index contributed by atoms with van der Waals surface area (Å²) in [5, 5.41) is 4.75. The first kappa shape index (κ1) is 35.4. The van der Waals surface area contributed by atoms with Crippen LogP contribution in [0.2, 0.25) is 0 Å². The Morgan fingerprint density at radius 2 is 1.70 bits per heavy atom. The molecule has 0 saturated carbocycles. The summed E-state index contributed by atoms with van der Waals surface area (Å²) in [4.78, 5) is 59.0. The maximum atomic E-state index is 13.7. The Bertz CT molecular complexity index is 2270. The SMILES string of the molecule is COC(=O)N[C@H](C(=O)N1CCC[C@H]1c1nc2ccc3cc4c(cc3c2[nH]1)OCc1cc(-c2cnc([C@@H]3CCCN3C(=O)OC(C)(C)C)[nH]2)ccc1-4)C(C)C. The fourth-order valence-corrected chi connectivity index (χ4v) is 8.07. The maximum Gasteiger partial charge on any atom is 0.410 e. The van der Waals surface area contributed by atoms with Crippen molar-refractivity contribution in [3.8, 4) is 28.1 Å². The number of H-pyrrole nitrogens is 2. The zero-order chi connectivity index (χ0) is 37.9. The summed E-state index contributed by atoms with van der Waals surface area (Å²) < 4.78 is 16.8. The number of amides is 3. The van der Waals surface area contributed by atoms with E-state index in [1.54, 1.807) is 4.90 Å². The van der Waals surface area contributed by atoms with Crippen LogP contribution in [0.1, 0.15) is 89.6 Å². The third-order valence-corrected chi connectivity index (χ3v) is 10.7. The van der Waals surface area contributed by atoms with Gasteiger partial charge in [-0.2, -0.15) is 0 Å². The van der Waals surface area contributed by atoms with Gasteiger partial charge in [0.2, 0.25) is 5.91 Å². The Hall–Kier alpha value is -5.59. The Balaban J connectivity index is 1.05. The minimum Gasteiger partial charge on any atom is -0.488 e. The summed E-state index contributed by atoms with van der Waals surface area (Å²) in [6.45, 7) is 11.1. The minimum absolute atomic E-state index is 0.112. The minimum atomic E-state index is -0.698. The highest BCUT2D eigenvalue weighted by Gasteiger charge is 2.38. The van der Waals surface area contributed by atoms with E-state index in [9.17, 15) is 14.4 Å². The monoisotopic (exact) mass is 733 g/mol. The lowest BCUT2D eigenvalue weighted by atomic mass is 9.92. The van der Waals surface area contributed by atoms with E-state index in [2.05, 4.69) is 51.7 Å². The molecule has 0 unspecified atom stereocenters. The lowest BCUT2D eigenvalue weighted by Gasteiger charge is -2.29. The highest BCUT2D eigenvalue weighted by atomic mass is 16.6. The summed E-state index contributed by atoms with van der Waals surface area (Å²) in [6, 6.07) is 13.6. The standard InChI is InChI=1S/C41H47N7O6/c1-22(2)34(46-39(50)52-6)38(49)47-15-7-10-32(47)37-43-29-14-12-23-18-28-26-13-11-24(17-25(26)21-53-33(28)19-27(23)35(29)45-37)30-20-42-36(44-30)31-9-8-16-48(31)40(51)54-41(3,4)5/h11-14,17-20,22,31-32,34H,7-10,15-16,21H2,1-6H3,(H,42,44)(H,43,45)(H,46,50)/t31-,32-,34-/m0/s1. The number of carbonyl (C=O) groups excluding carboxylic acids is 3. The van der Waals surface area contributed by atoms with Crippen molar-refractivity contribution in [2.24, 2.45) is 5.92 Å². The molecule has 5 heterocycles. The van der Waals surface area contributed by atoms with Crippen LogP contribution in [0.5, 0.6) is 5.75 Å². The second-order valence-electron chi connectivity index (χ2n) is 15.9. The molecule has 3 N–H and O–H groups in total. The highest BCUT2D eigenvalue weighted by molar-refractivity contribution is 6.07. The molecular weight excluding hydrogens is 686 g/mol. The van der Waals surface area contributed by atoms with Gasteiger partial charge in [0, 0.05) is 24.0 Å². The average Bonchev–Trinajstić information content (AvgIpc) is 3.97. The largest absolute Gasteiger partial charge is 0.488 e. The number of rotatable bonds is 6. The number of nitrogens with one attached hydrogen (secondary N) is 3. The molecular formula is C41H47N7O6. The summed E-state index contributed by atoms with van der Waals surface area (Å²) in [5.74, 6) is 2.03. The van der Waals surface area contributed by atoms with Gasteiger partial charge in [-0.25, -0.2) is 19.6 Å². The van der Waals surface area contributed by atoms with Crippen LogP contribution in [0.3, 0.4) is 0 Å². The Kier molecular flexibility index (Phi) is 8.98. The van der Waals surface area contributed by atoms with Crippen molar-refractivity contribution < 1.29 is 28.6 Å². The highest BCUT2D eigenvalue weighted by Crippen LogP contribution is 2.43. The van der Waals surface area contributed by atoms with Crippen LogP contribution in [0, 0.1) is 5.92 Å². The predicted octanol–water partition coefficient (Wildman–Crippen LogP) is 7.78. The number of aromatic amines is 2. The lowest BCUT2D eigenvalue weighted by Crippen LogP contribution is -2.51. The molecule has 3 amide bonds. The molecule has 13 heteroatoms. The molecule has 13 nitrogen and oxygen atoms in total. The summed E-state index contributed by atoms with van der Waals surface area (Å²) in [7, 11) is 1.30. The molecule has 0 spiro atoms. The molecule has 0 radical (unpaired) electrons. The van der Waals surface area contributed by atoms with E-state index in [4.69, 9.17) is 24.2 Å². The molecule has 2 saturated heterocycles. The van der Waals surface area contributed by atoms with Crippen LogP contribution in [0.15, 0.2) is 48.7 Å². The first-order valence-corrected chi connectivity index (χ1v) is 18.8. The number of carbonyl (C=O) groups is 3. The average molecular weight is 734 g/mol. The van der Waals surface area contributed by atoms with Gasteiger partial charge in [0.1, 0.15) is 35.6 Å². The summed E-state index contributed by atoms with van der Waals surface area (Å²) in [6.07, 6.45) is 4.24. The number of ether oxygens (including phenoxy) is 3. The van der Waals surface area contributed by atoms with Gasteiger partial charge in [0.25, 0.3) is 0 Å². The number of methoxy groups -OCH3 is 1. The molecule has 2 fully saturated rings. The zero-order valence-corrected chi connectivity index (χ0v) is 31.6. The number of aromatic nitrogens is 4. The number of likely N-dealkylation sites (tertiary alicyclic amines) is 2. The molecule has 3 aliphatic heterocycles. The molecule has 282 valence electrons. The Morgan fingerprint density at radius 1 is 0.944 bits per heavy atom. The van der Waals surface area contributed by atoms with Gasteiger partial charge in [-0.05, 0) is 98.7 Å². The maximum absolute atomic E-state index is 13.7. The number of hydrogen-bond donors (Lipinski definition) is 3. The van der Waals surface area contributed by atoms with Crippen molar-refractivity contribution in [2.45, 2.75) is 90.6 Å². The van der Waals surface area contributed by atoms with E-state index >= 15 is 0 Å². The number of hydrogen-bond acceptors (Lipinski definition) is 8. The molecule has 3 aromatic carbocycles. The van der Waals surface area contributed by atoms with Gasteiger partial charge in [0.05, 0.1) is 42.1 Å². The number of nitrogens with zero attached hydrogens (tertiary/aromatic N) is 4. The Labute approximate surface area is 313 Å². The van der Waals surface area contributed by atoms with Crippen LogP contribution >= 0.6 is 0 Å². The van der Waals surface area contributed by atoms with Crippen LogP contribution in [-0.2, 0) is 20.9 Å². The van der Waals surface area contributed by atoms with Crippen LogP contribution < -0.4 is 10.1 Å². The van der Waals surface area contributed by atoms with Crippen molar-refractivity contribution in [2.75, 3.05) is 20.2 Å². The smallest absolute Gasteiger partial charge is 0.410 e. The van der Waals surface area contributed by atoms with E-state index in [1.165, 1.54) is 7.11 Å². The van der Waals surface area contributed by atoms with Crippen LogP contribution in [-0.4, -0.2) is 79.7 Å². The Morgan fingerprint density at radius 3 is 2.44 bits per heavy atom. The van der Waals surface area contributed by atoms with E-state index in [0.29, 0.717) is 19.7 Å². The summed E-state index contributed by atoms with van der Waals surface area (Å²) >= 11 is 0. The number of benzene rings is 3. The molecule has 3 aliphatic rings. The first-order chi connectivity index (χ1) is 25.9. The third-order valence-electron chi connectivity index (χ3n) is 10.7. The normalized spacial score (nSPS) is 18.8. The number of fused-ring (bicyclic) bond motifs is 6. The zero-order valence-electron chi connectivity index (χ0n) is 31.6. The molecule has 2 aromatic heterocycles. The second kappa shape index (κ2) is 13.7. The van der Waals surface area contributed by atoms with Gasteiger partial charge in [-0.1, -0.05) is 32.0 Å². The third kappa shape index (κ3) is 6.49. The predicted molar refractivity (Wildman–Crippen MR) is 204 cm³/mol. The number of imidazole rings is 2. The summed E-state index contributed by atoms with van der Waals surface area (Å²) in [5.41, 5.74) is 6.23. The molecule has 0 bridgehead atoms. The quantitative estimate of drug-likeness (QED) is 0.160. The van der Waals surface area contributed by atoms with E-state index < -0.39 is 17.7 Å². The molecule has 0 aliphatic carbocycles. The van der Waals surface area contributed by atoms with E-state index in [-0.39, 0.29) is 30.0 Å². The lowest BCUT2D eigenvalue weighted by molar-refractivity contribution is -0.135. The van der Waals surface area contributed by atoms with Crippen LogP contribution in [0.25, 0.3) is 44.2 Å². The topological polar surface area (TPSA) is 155 Å². The molecule has 8 rings (SSSR count). The van der Waals surface area contributed by atoms with Gasteiger partial charge in [-0.3, -0.25) is 9.69 Å². The van der Waals surface area contributed by atoms with Gasteiger partial charge in [-0.15, -0.1) is 0 Å². The van der Waals surface area contributed by atoms with Crippen molar-refractivity contribution in [1.82, 2.24) is 35.1 Å². The fourth-order valence-electron chi connectivity index (χ4n) is 8.07. The first-order valence-electron chi connectivity index (χ1n) is 18.8. The van der Waals surface area contributed by atoms with Crippen LogP contribution in [0.4, 0.5) is 9.59 Å². The van der Waals surface area contributed by atoms with Gasteiger partial charge in [0.15, 0.2) is 0 Å².